The molecule has 1 atom stereocenters. The van der Waals surface area contributed by atoms with Crippen molar-refractivity contribution >= 4 is 52.4 Å². The molecule has 0 spiro atoms. The van der Waals surface area contributed by atoms with Crippen LogP contribution in [0.5, 0.6) is 0 Å². The molecule has 1 aliphatic rings. The van der Waals surface area contributed by atoms with Gasteiger partial charge in [0.25, 0.3) is 0 Å². The van der Waals surface area contributed by atoms with Gasteiger partial charge in [-0.1, -0.05) is 53.5 Å². The Morgan fingerprint density at radius 1 is 1.25 bits per heavy atom. The molecule has 0 unspecified atom stereocenters. The Balaban J connectivity index is 2.38. The summed E-state index contributed by atoms with van der Waals surface area (Å²) in [5, 5.41) is 0. The van der Waals surface area contributed by atoms with Gasteiger partial charge in [-0.3, -0.25) is 0 Å². The van der Waals surface area contributed by atoms with Crippen molar-refractivity contribution in [3.63, 3.8) is 0 Å². The zero-order valence-electron chi connectivity index (χ0n) is 10.6. The van der Waals surface area contributed by atoms with Gasteiger partial charge in [-0.25, -0.2) is 4.79 Å². The number of hydrogen-bond donors (Lipinski definition) is 0. The summed E-state index contributed by atoms with van der Waals surface area (Å²) in [6, 6.07) is 9.52. The van der Waals surface area contributed by atoms with Gasteiger partial charge in [0.15, 0.2) is 0 Å². The van der Waals surface area contributed by atoms with Crippen LogP contribution in [0.1, 0.15) is 18.4 Å². The van der Waals surface area contributed by atoms with Gasteiger partial charge in [0, 0.05) is 5.41 Å². The first-order chi connectivity index (χ1) is 9.34. The van der Waals surface area contributed by atoms with Gasteiger partial charge < -0.3 is 4.74 Å². The van der Waals surface area contributed by atoms with Crippen LogP contribution in [0.15, 0.2) is 40.4 Å². The quantitative estimate of drug-likeness (QED) is 0.443. The molecule has 1 aromatic carbocycles. The van der Waals surface area contributed by atoms with E-state index in [9.17, 15) is 4.79 Å². The summed E-state index contributed by atoms with van der Waals surface area (Å²) in [5.74, 6) is -0.573. The number of hydrogen-bond acceptors (Lipinski definition) is 2. The van der Waals surface area contributed by atoms with Crippen LogP contribution in [0.25, 0.3) is 0 Å². The number of rotatable bonds is 4. The molecular weight excluding hydrogens is 342 g/mol. The lowest BCUT2D eigenvalue weighted by Crippen LogP contribution is -2.20. The standard InChI is InChI=1S/C14H12Cl4O2/c1-20-12(19)10(11(15)16)7-13(8-14(13,17)18)9-5-3-2-4-6-9/h2-6H,7-8H2,1H3/t13-/m0/s1. The van der Waals surface area contributed by atoms with Gasteiger partial charge in [-0.15, -0.1) is 23.2 Å². The minimum Gasteiger partial charge on any atom is -0.466 e. The van der Waals surface area contributed by atoms with E-state index >= 15 is 0 Å². The van der Waals surface area contributed by atoms with Gasteiger partial charge in [0.2, 0.25) is 0 Å². The van der Waals surface area contributed by atoms with Gasteiger partial charge >= 0.3 is 5.97 Å². The van der Waals surface area contributed by atoms with Gasteiger partial charge in [0.05, 0.1) is 12.7 Å². The summed E-state index contributed by atoms with van der Waals surface area (Å²) in [7, 11) is 1.27. The molecule has 108 valence electrons. The Bertz CT molecular complexity index is 550. The predicted molar refractivity (Wildman–Crippen MR) is 82.5 cm³/mol. The molecule has 2 rings (SSSR count). The van der Waals surface area contributed by atoms with Crippen LogP contribution in [0.2, 0.25) is 0 Å². The average molecular weight is 354 g/mol. The van der Waals surface area contributed by atoms with Crippen molar-refractivity contribution in [3.05, 3.63) is 46.0 Å². The summed E-state index contributed by atoms with van der Waals surface area (Å²) in [4.78, 5) is 11.8. The lowest BCUT2D eigenvalue weighted by molar-refractivity contribution is -0.136. The van der Waals surface area contributed by atoms with Crippen LogP contribution >= 0.6 is 46.4 Å². The third-order valence-corrected chi connectivity index (χ3v) is 5.01. The van der Waals surface area contributed by atoms with E-state index < -0.39 is 15.7 Å². The van der Waals surface area contributed by atoms with Crippen molar-refractivity contribution in [1.82, 2.24) is 0 Å². The van der Waals surface area contributed by atoms with E-state index in [1.54, 1.807) is 0 Å². The molecule has 1 aromatic rings. The Labute approximate surface area is 137 Å². The fraction of sp³-hybridized carbons (Fsp3) is 0.357. The van der Waals surface area contributed by atoms with Gasteiger partial charge in [-0.05, 0) is 18.4 Å². The molecule has 2 nitrogen and oxygen atoms in total. The van der Waals surface area contributed by atoms with E-state index in [4.69, 9.17) is 51.1 Å². The monoisotopic (exact) mass is 352 g/mol. The second-order valence-corrected chi connectivity index (χ2v) is 7.17. The lowest BCUT2D eigenvalue weighted by atomic mass is 9.89. The van der Waals surface area contributed by atoms with Crippen molar-refractivity contribution < 1.29 is 9.53 Å². The molecule has 1 fully saturated rings. The third-order valence-electron chi connectivity index (χ3n) is 3.56. The zero-order chi connectivity index (χ0) is 15.0. The van der Waals surface area contributed by atoms with Crippen LogP contribution in [0, 0.1) is 0 Å². The smallest absolute Gasteiger partial charge is 0.336 e. The minimum absolute atomic E-state index is 0.122. The third kappa shape index (κ3) is 2.80. The number of benzene rings is 1. The number of carbonyl (C=O) groups is 1. The Morgan fingerprint density at radius 3 is 2.20 bits per heavy atom. The second kappa shape index (κ2) is 5.76. The number of esters is 1. The van der Waals surface area contributed by atoms with E-state index in [2.05, 4.69) is 0 Å². The molecule has 1 saturated carbocycles. The summed E-state index contributed by atoms with van der Waals surface area (Å²) in [5.41, 5.74) is 0.555. The van der Waals surface area contributed by atoms with E-state index in [0.717, 1.165) is 5.56 Å². The van der Waals surface area contributed by atoms with Crippen molar-refractivity contribution in [2.45, 2.75) is 22.6 Å². The lowest BCUT2D eigenvalue weighted by Gasteiger charge is -2.20. The molecule has 6 heteroatoms. The van der Waals surface area contributed by atoms with Crippen LogP contribution in [-0.4, -0.2) is 17.4 Å². The van der Waals surface area contributed by atoms with Gasteiger partial charge in [0.1, 0.15) is 8.82 Å². The highest BCUT2D eigenvalue weighted by Crippen LogP contribution is 2.67. The highest BCUT2D eigenvalue weighted by atomic mass is 35.5. The maximum absolute atomic E-state index is 11.8. The molecule has 0 radical (unpaired) electrons. The van der Waals surface area contributed by atoms with E-state index in [1.807, 2.05) is 30.3 Å². The van der Waals surface area contributed by atoms with Crippen LogP contribution in [-0.2, 0) is 14.9 Å². The van der Waals surface area contributed by atoms with Crippen molar-refractivity contribution in [3.8, 4) is 0 Å². The predicted octanol–water partition coefficient (Wildman–Crippen LogP) is 4.75. The topological polar surface area (TPSA) is 26.3 Å². The van der Waals surface area contributed by atoms with Crippen LogP contribution in [0.3, 0.4) is 0 Å². The maximum atomic E-state index is 11.8. The number of alkyl halides is 2. The Morgan fingerprint density at radius 2 is 1.80 bits per heavy atom. The largest absolute Gasteiger partial charge is 0.466 e. The number of carbonyl (C=O) groups excluding carboxylic acids is 1. The summed E-state index contributed by atoms with van der Waals surface area (Å²) >= 11 is 24.2. The molecule has 0 N–H and O–H groups in total. The van der Waals surface area contributed by atoms with Gasteiger partial charge in [-0.2, -0.15) is 0 Å². The first-order valence-electron chi connectivity index (χ1n) is 5.90. The highest BCUT2D eigenvalue weighted by molar-refractivity contribution is 6.57. The summed E-state index contributed by atoms with van der Waals surface area (Å²) < 4.78 is 3.63. The maximum Gasteiger partial charge on any atom is 0.336 e. The molecule has 0 bridgehead atoms. The molecule has 20 heavy (non-hydrogen) atoms. The Hall–Kier alpha value is -0.410. The highest BCUT2D eigenvalue weighted by Gasteiger charge is 2.67. The number of ether oxygens (including phenoxy) is 1. The van der Waals surface area contributed by atoms with Crippen LogP contribution in [0.4, 0.5) is 0 Å². The fourth-order valence-corrected chi connectivity index (χ4v) is 3.44. The van der Waals surface area contributed by atoms with Crippen molar-refractivity contribution in [2.24, 2.45) is 0 Å². The molecule has 1 aliphatic carbocycles. The molecule has 0 heterocycles. The number of methoxy groups -OCH3 is 1. The van der Waals surface area contributed by atoms with E-state index in [1.165, 1.54) is 7.11 Å². The first kappa shape index (κ1) is 16.0. The van der Waals surface area contributed by atoms with E-state index in [0.29, 0.717) is 6.42 Å². The zero-order valence-corrected chi connectivity index (χ0v) is 13.7. The minimum atomic E-state index is -0.948. The molecule has 0 aliphatic heterocycles. The number of halogens is 4. The first-order valence-corrected chi connectivity index (χ1v) is 7.41. The van der Waals surface area contributed by atoms with E-state index in [-0.39, 0.29) is 16.5 Å². The van der Waals surface area contributed by atoms with Crippen molar-refractivity contribution in [1.29, 1.82) is 0 Å². The molecule has 0 saturated heterocycles. The SMILES string of the molecule is COC(=O)C(C[C@@]1(c2ccccc2)CC1(Cl)Cl)=C(Cl)Cl. The molecule has 0 amide bonds. The molecule has 0 aromatic heterocycles. The average Bonchev–Trinajstić information content (AvgIpc) is 2.99. The van der Waals surface area contributed by atoms with Crippen molar-refractivity contribution in [2.75, 3.05) is 7.11 Å². The molecular formula is C14H12Cl4O2. The summed E-state index contributed by atoms with van der Waals surface area (Å²) in [6.45, 7) is 0. The fourth-order valence-electron chi connectivity index (χ4n) is 2.34. The Kier molecular flexibility index (Phi) is 4.60. The summed E-state index contributed by atoms with van der Waals surface area (Å²) in [6.07, 6.45) is 0.758. The second-order valence-electron chi connectivity index (χ2n) is 4.74. The van der Waals surface area contributed by atoms with Crippen LogP contribution < -0.4 is 0 Å². The normalized spacial score (nSPS) is 23.1.